The summed E-state index contributed by atoms with van der Waals surface area (Å²) in [5.74, 6) is 0. The van der Waals surface area contributed by atoms with Crippen LogP contribution < -0.4 is 10.9 Å². The number of hydrogen-bond donors (Lipinski definition) is 3. The van der Waals surface area contributed by atoms with E-state index in [1.165, 1.54) is 0 Å². The average Bonchev–Trinajstić information content (AvgIpc) is 2.46. The fourth-order valence-corrected chi connectivity index (χ4v) is 1.37. The molecule has 5 nitrogen and oxygen atoms in total. The van der Waals surface area contributed by atoms with Crippen molar-refractivity contribution in [3.8, 4) is 0 Å². The van der Waals surface area contributed by atoms with Crippen LogP contribution in [0.25, 0.3) is 0 Å². The standard InChI is InChI=1S/C6H5BF3NO2.C6H4F3NO/c8-6(9,10)5-3-4(7(12)13)1-2-11-5;7-6(8,9)5-3-4(11)1-2-10-5/h1-3,12-13H;1-3H,(H,10,11). The van der Waals surface area contributed by atoms with Gasteiger partial charge >= 0.3 is 19.5 Å². The van der Waals surface area contributed by atoms with Gasteiger partial charge in [-0.3, -0.25) is 9.78 Å². The summed E-state index contributed by atoms with van der Waals surface area (Å²) in [5.41, 5.74) is -3.05. The lowest BCUT2D eigenvalue weighted by Gasteiger charge is -2.06. The van der Waals surface area contributed by atoms with E-state index in [9.17, 15) is 31.1 Å². The largest absolute Gasteiger partial charge is 0.488 e. The molecule has 0 aliphatic carbocycles. The van der Waals surface area contributed by atoms with Crippen molar-refractivity contribution in [1.29, 1.82) is 0 Å². The van der Waals surface area contributed by atoms with Gasteiger partial charge in [0.25, 0.3) is 0 Å². The van der Waals surface area contributed by atoms with Gasteiger partial charge in [0.2, 0.25) is 0 Å². The first kappa shape index (κ1) is 19.7. The number of hydrogen-bond acceptors (Lipinski definition) is 4. The maximum absolute atomic E-state index is 12.0. The van der Waals surface area contributed by atoms with Gasteiger partial charge in [0.05, 0.1) is 0 Å². The van der Waals surface area contributed by atoms with Gasteiger partial charge in [0.15, 0.2) is 5.43 Å². The number of nitrogens with zero attached hydrogens (tertiary/aromatic N) is 1. The predicted octanol–water partition coefficient (Wildman–Crippen LogP) is 1.17. The molecule has 0 amide bonds. The lowest BCUT2D eigenvalue weighted by molar-refractivity contribution is -0.142. The second kappa shape index (κ2) is 7.49. The highest BCUT2D eigenvalue weighted by Crippen LogP contribution is 2.26. The van der Waals surface area contributed by atoms with Gasteiger partial charge in [-0.05, 0) is 17.6 Å². The smallest absolute Gasteiger partial charge is 0.423 e. The number of aromatic nitrogens is 2. The van der Waals surface area contributed by atoms with Crippen molar-refractivity contribution in [3.05, 3.63) is 58.3 Å². The molecule has 3 N–H and O–H groups in total. The molecule has 130 valence electrons. The van der Waals surface area contributed by atoms with Crippen LogP contribution in [-0.2, 0) is 12.4 Å². The van der Waals surface area contributed by atoms with Gasteiger partial charge in [-0.2, -0.15) is 26.3 Å². The summed E-state index contributed by atoms with van der Waals surface area (Å²) >= 11 is 0. The lowest BCUT2D eigenvalue weighted by atomic mass is 9.81. The molecular formula is C12H9BF6N2O3. The van der Waals surface area contributed by atoms with Crippen LogP contribution in [-0.4, -0.2) is 27.1 Å². The molecule has 12 heteroatoms. The Morgan fingerprint density at radius 2 is 1.62 bits per heavy atom. The Kier molecular flexibility index (Phi) is 6.15. The molecule has 2 aromatic heterocycles. The van der Waals surface area contributed by atoms with E-state index >= 15 is 0 Å². The van der Waals surface area contributed by atoms with Crippen molar-refractivity contribution < 1.29 is 36.4 Å². The first-order valence-corrected chi connectivity index (χ1v) is 6.06. The number of nitrogens with one attached hydrogen (secondary N) is 1. The highest BCUT2D eigenvalue weighted by Gasteiger charge is 2.33. The topological polar surface area (TPSA) is 86.2 Å². The molecular weight excluding hydrogens is 345 g/mol. The van der Waals surface area contributed by atoms with E-state index in [1.54, 1.807) is 0 Å². The van der Waals surface area contributed by atoms with Crippen LogP contribution in [0.15, 0.2) is 41.5 Å². The number of alkyl halides is 6. The fourth-order valence-electron chi connectivity index (χ4n) is 1.37. The van der Waals surface area contributed by atoms with Crippen LogP contribution in [0.2, 0.25) is 0 Å². The summed E-state index contributed by atoms with van der Waals surface area (Å²) in [6.07, 6.45) is -7.20. The second-order valence-corrected chi connectivity index (χ2v) is 4.28. The molecule has 2 heterocycles. The summed E-state index contributed by atoms with van der Waals surface area (Å²) in [4.78, 5) is 15.4. The molecule has 0 radical (unpaired) electrons. The van der Waals surface area contributed by atoms with Crippen LogP contribution >= 0.6 is 0 Å². The number of aromatic amines is 1. The molecule has 0 unspecified atom stereocenters. The quantitative estimate of drug-likeness (QED) is 0.530. The van der Waals surface area contributed by atoms with Crippen molar-refractivity contribution in [2.75, 3.05) is 0 Å². The zero-order valence-corrected chi connectivity index (χ0v) is 11.6. The van der Waals surface area contributed by atoms with Crippen molar-refractivity contribution in [3.63, 3.8) is 0 Å². The molecule has 0 aromatic carbocycles. The van der Waals surface area contributed by atoms with E-state index < -0.39 is 36.3 Å². The fraction of sp³-hybridized carbons (Fsp3) is 0.167. The van der Waals surface area contributed by atoms with Crippen LogP contribution in [0.1, 0.15) is 11.4 Å². The number of H-pyrrole nitrogens is 1. The molecule has 2 aromatic rings. The van der Waals surface area contributed by atoms with Gasteiger partial charge in [-0.1, -0.05) is 0 Å². The zero-order chi connectivity index (χ0) is 18.5. The maximum atomic E-state index is 12.0. The Bertz CT molecular complexity index is 729. The molecule has 0 aliphatic rings. The maximum Gasteiger partial charge on any atom is 0.488 e. The average molecular weight is 354 g/mol. The summed E-state index contributed by atoms with van der Waals surface area (Å²) in [6.45, 7) is 0. The van der Waals surface area contributed by atoms with Crippen molar-refractivity contribution >= 4 is 12.6 Å². The number of halogens is 6. The van der Waals surface area contributed by atoms with Gasteiger partial charge in [-0.15, -0.1) is 0 Å². The van der Waals surface area contributed by atoms with Gasteiger partial charge < -0.3 is 15.0 Å². The normalized spacial score (nSPS) is 11.5. The second-order valence-electron chi connectivity index (χ2n) is 4.28. The molecule has 0 fully saturated rings. The molecule has 0 atom stereocenters. The molecule has 0 saturated heterocycles. The van der Waals surface area contributed by atoms with Crippen LogP contribution in [0, 0.1) is 0 Å². The minimum absolute atomic E-state index is 0.234. The monoisotopic (exact) mass is 354 g/mol. The molecule has 0 bridgehead atoms. The minimum atomic E-state index is -4.56. The SMILES string of the molecule is O=c1cc[nH]c(C(F)(F)F)c1.OB(O)c1ccnc(C(F)(F)F)c1. The van der Waals surface area contributed by atoms with Crippen LogP contribution in [0.3, 0.4) is 0 Å². The Morgan fingerprint density at radius 1 is 1.00 bits per heavy atom. The third-order valence-electron chi connectivity index (χ3n) is 2.45. The Hall–Kier alpha value is -2.34. The molecule has 0 saturated carbocycles. The minimum Gasteiger partial charge on any atom is -0.423 e. The van der Waals surface area contributed by atoms with Gasteiger partial charge in [0, 0.05) is 24.5 Å². The van der Waals surface area contributed by atoms with E-state index in [-0.39, 0.29) is 5.46 Å². The molecule has 0 aliphatic heterocycles. The zero-order valence-electron chi connectivity index (χ0n) is 11.6. The number of pyridine rings is 2. The Morgan fingerprint density at radius 3 is 2.04 bits per heavy atom. The summed E-state index contributed by atoms with van der Waals surface area (Å²) < 4.78 is 71.4. The molecule has 2 rings (SSSR count). The van der Waals surface area contributed by atoms with E-state index in [0.717, 1.165) is 24.5 Å². The third kappa shape index (κ3) is 6.04. The van der Waals surface area contributed by atoms with Crippen molar-refractivity contribution in [1.82, 2.24) is 9.97 Å². The van der Waals surface area contributed by atoms with Crippen molar-refractivity contribution in [2.24, 2.45) is 0 Å². The van der Waals surface area contributed by atoms with Crippen LogP contribution in [0.4, 0.5) is 26.3 Å². The highest BCUT2D eigenvalue weighted by molar-refractivity contribution is 6.58. The Balaban J connectivity index is 0.000000243. The van der Waals surface area contributed by atoms with Gasteiger partial charge in [0.1, 0.15) is 11.4 Å². The van der Waals surface area contributed by atoms with E-state index in [4.69, 9.17) is 10.0 Å². The Labute approximate surface area is 130 Å². The van der Waals surface area contributed by atoms with Crippen LogP contribution in [0.5, 0.6) is 0 Å². The summed E-state index contributed by atoms with van der Waals surface area (Å²) in [7, 11) is -1.91. The van der Waals surface area contributed by atoms with E-state index in [2.05, 4.69) is 4.98 Å². The van der Waals surface area contributed by atoms with E-state index in [0.29, 0.717) is 12.1 Å². The van der Waals surface area contributed by atoms with Gasteiger partial charge in [-0.25, -0.2) is 0 Å². The molecule has 0 spiro atoms. The lowest BCUT2D eigenvalue weighted by Crippen LogP contribution is -2.31. The predicted molar refractivity (Wildman–Crippen MR) is 71.1 cm³/mol. The van der Waals surface area contributed by atoms with Crippen molar-refractivity contribution in [2.45, 2.75) is 12.4 Å². The van der Waals surface area contributed by atoms with E-state index in [1.807, 2.05) is 4.98 Å². The first-order chi connectivity index (χ1) is 10.9. The number of rotatable bonds is 1. The molecule has 24 heavy (non-hydrogen) atoms. The summed E-state index contributed by atoms with van der Waals surface area (Å²) in [5, 5.41) is 17.1. The summed E-state index contributed by atoms with van der Waals surface area (Å²) in [6, 6.07) is 3.22. The third-order valence-corrected chi connectivity index (χ3v) is 2.45. The first-order valence-electron chi connectivity index (χ1n) is 6.06. The highest BCUT2D eigenvalue weighted by atomic mass is 19.4.